The highest BCUT2D eigenvalue weighted by Crippen LogP contribution is 2.57. The molecule has 2 N–H and O–H groups in total. The van der Waals surface area contributed by atoms with Crippen molar-refractivity contribution >= 4 is 40.0 Å². The van der Waals surface area contributed by atoms with Crippen LogP contribution in [0.15, 0.2) is 66.9 Å². The Morgan fingerprint density at radius 3 is 2.46 bits per heavy atom. The fraction of sp³-hybridized carbons (Fsp3) is 0.192. The molecule has 5 rings (SSSR count). The van der Waals surface area contributed by atoms with Crippen LogP contribution in [0.5, 0.6) is 0 Å². The number of hydrogen-bond donors (Lipinski definition) is 2. The van der Waals surface area contributed by atoms with E-state index in [0.29, 0.717) is 27.8 Å². The third-order valence-corrected chi connectivity index (χ3v) is 6.72. The molecular weight excluding hydrogens is 512 g/mol. The van der Waals surface area contributed by atoms with Gasteiger partial charge in [0, 0.05) is 11.9 Å². The van der Waals surface area contributed by atoms with Crippen LogP contribution in [0.4, 0.5) is 23.2 Å². The number of carbonyl (C=O) groups is 2. The van der Waals surface area contributed by atoms with Crippen LogP contribution in [0.25, 0.3) is 16.6 Å². The molecule has 37 heavy (non-hydrogen) atoms. The summed E-state index contributed by atoms with van der Waals surface area (Å²) in [7, 11) is 0. The van der Waals surface area contributed by atoms with E-state index in [-0.39, 0.29) is 35.8 Å². The average Bonchev–Trinajstić information content (AvgIpc) is 3.58. The Kier molecular flexibility index (Phi) is 6.15. The van der Waals surface area contributed by atoms with Crippen molar-refractivity contribution in [1.29, 1.82) is 0 Å². The molecule has 1 fully saturated rings. The van der Waals surface area contributed by atoms with Gasteiger partial charge in [-0.3, -0.25) is 9.59 Å². The van der Waals surface area contributed by atoms with Crippen molar-refractivity contribution in [1.82, 2.24) is 15.1 Å². The van der Waals surface area contributed by atoms with Crippen LogP contribution in [-0.2, 0) is 11.3 Å². The molecule has 0 atom stereocenters. The Morgan fingerprint density at radius 2 is 1.78 bits per heavy atom. The summed E-state index contributed by atoms with van der Waals surface area (Å²) in [5.74, 6) is -2.00. The summed E-state index contributed by atoms with van der Waals surface area (Å²) in [5.41, 5.74) is -0.0544. The number of rotatable bonds is 6. The third kappa shape index (κ3) is 4.64. The molecule has 1 saturated carbocycles. The summed E-state index contributed by atoms with van der Waals surface area (Å²) in [6, 6.07) is 15.4. The molecule has 1 heterocycles. The number of amides is 2. The van der Waals surface area contributed by atoms with E-state index in [0.717, 1.165) is 0 Å². The Bertz CT molecular complexity index is 1510. The smallest absolute Gasteiger partial charge is 0.351 e. The number of hydrogen-bond acceptors (Lipinski definition) is 3. The fourth-order valence-electron chi connectivity index (χ4n) is 4.11. The molecule has 2 amide bonds. The molecule has 3 aromatic carbocycles. The van der Waals surface area contributed by atoms with Crippen LogP contribution in [0.2, 0.25) is 5.02 Å². The summed E-state index contributed by atoms with van der Waals surface area (Å²) in [6.45, 7) is -0.186. The maximum absolute atomic E-state index is 13.3. The molecule has 0 spiro atoms. The van der Waals surface area contributed by atoms with E-state index in [1.165, 1.54) is 30.3 Å². The normalized spacial score (nSPS) is 14.4. The van der Waals surface area contributed by atoms with Gasteiger partial charge in [-0.15, -0.1) is 0 Å². The quantitative estimate of drug-likeness (QED) is 0.299. The second-order valence-electron chi connectivity index (χ2n) is 8.80. The minimum absolute atomic E-state index is 0.0910. The average molecular weight is 531 g/mol. The highest BCUT2D eigenvalue weighted by molar-refractivity contribution is 6.34. The first-order chi connectivity index (χ1) is 17.6. The zero-order valence-electron chi connectivity index (χ0n) is 19.1. The highest BCUT2D eigenvalue weighted by Gasteiger charge is 2.68. The summed E-state index contributed by atoms with van der Waals surface area (Å²) in [5, 5.41) is 10.2. The molecule has 190 valence electrons. The Labute approximate surface area is 213 Å². The molecule has 0 radical (unpaired) electrons. The second kappa shape index (κ2) is 9.19. The lowest BCUT2D eigenvalue weighted by molar-refractivity contribution is -0.192. The van der Waals surface area contributed by atoms with Crippen molar-refractivity contribution < 1.29 is 27.2 Å². The van der Waals surface area contributed by atoms with Gasteiger partial charge < -0.3 is 10.6 Å². The topological polar surface area (TPSA) is 76.0 Å². The molecule has 0 saturated heterocycles. The largest absolute Gasteiger partial charge is 0.403 e. The van der Waals surface area contributed by atoms with Gasteiger partial charge in [-0.2, -0.15) is 18.3 Å². The number of nitrogens with zero attached hydrogens (tertiary/aromatic N) is 2. The predicted octanol–water partition coefficient (Wildman–Crippen LogP) is 6.03. The number of anilines is 1. The maximum Gasteiger partial charge on any atom is 0.403 e. The first kappa shape index (κ1) is 24.8. The molecule has 0 unspecified atom stereocenters. The Balaban J connectivity index is 1.34. The molecule has 0 aliphatic heterocycles. The van der Waals surface area contributed by atoms with Gasteiger partial charge in [-0.05, 0) is 66.9 Å². The van der Waals surface area contributed by atoms with Gasteiger partial charge in [0.05, 0.1) is 33.7 Å². The van der Waals surface area contributed by atoms with E-state index in [2.05, 4.69) is 15.7 Å². The summed E-state index contributed by atoms with van der Waals surface area (Å²) >= 11 is 6.23. The summed E-state index contributed by atoms with van der Waals surface area (Å²) in [4.78, 5) is 25.2. The lowest BCUT2D eigenvalue weighted by atomic mass is 10.1. The summed E-state index contributed by atoms with van der Waals surface area (Å²) < 4.78 is 54.4. The Morgan fingerprint density at radius 1 is 1.05 bits per heavy atom. The van der Waals surface area contributed by atoms with Gasteiger partial charge in [0.15, 0.2) is 0 Å². The van der Waals surface area contributed by atoms with E-state index in [1.54, 1.807) is 41.2 Å². The van der Waals surface area contributed by atoms with Crippen molar-refractivity contribution in [3.63, 3.8) is 0 Å². The number of carbonyl (C=O) groups excluding carboxylic acids is 2. The molecular formula is C26H19ClF4N4O2. The van der Waals surface area contributed by atoms with Crippen molar-refractivity contribution in [3.05, 3.63) is 88.8 Å². The van der Waals surface area contributed by atoms with Gasteiger partial charge >= 0.3 is 6.18 Å². The zero-order chi connectivity index (χ0) is 26.4. The van der Waals surface area contributed by atoms with Crippen molar-refractivity contribution in [2.75, 3.05) is 5.32 Å². The SMILES string of the molecule is O=C(Nc1cccc2c1cnn2-c1ccc(F)cc1)c1cc(CNC(=O)C2(C(F)(F)F)CC2)ccc1Cl. The monoisotopic (exact) mass is 530 g/mol. The van der Waals surface area contributed by atoms with E-state index in [9.17, 15) is 27.2 Å². The van der Waals surface area contributed by atoms with Crippen molar-refractivity contribution in [2.24, 2.45) is 5.41 Å². The zero-order valence-corrected chi connectivity index (χ0v) is 19.8. The first-order valence-corrected chi connectivity index (χ1v) is 11.6. The van der Waals surface area contributed by atoms with E-state index >= 15 is 0 Å². The van der Waals surface area contributed by atoms with Crippen molar-refractivity contribution in [2.45, 2.75) is 25.6 Å². The van der Waals surface area contributed by atoms with Crippen LogP contribution in [-0.4, -0.2) is 27.8 Å². The minimum Gasteiger partial charge on any atom is -0.351 e. The second-order valence-corrected chi connectivity index (χ2v) is 9.21. The van der Waals surface area contributed by atoms with Gasteiger partial charge in [-0.25, -0.2) is 9.07 Å². The molecule has 6 nitrogen and oxygen atoms in total. The molecule has 1 aliphatic carbocycles. The number of halogens is 5. The highest BCUT2D eigenvalue weighted by atomic mass is 35.5. The van der Waals surface area contributed by atoms with E-state index in [4.69, 9.17) is 11.6 Å². The van der Waals surface area contributed by atoms with Gasteiger partial charge in [-0.1, -0.05) is 23.7 Å². The molecule has 1 aromatic heterocycles. The van der Waals surface area contributed by atoms with Crippen LogP contribution in [0.1, 0.15) is 28.8 Å². The fourth-order valence-corrected chi connectivity index (χ4v) is 4.31. The van der Waals surface area contributed by atoms with Crippen LogP contribution < -0.4 is 10.6 Å². The predicted molar refractivity (Wildman–Crippen MR) is 130 cm³/mol. The van der Waals surface area contributed by atoms with Crippen LogP contribution >= 0.6 is 11.6 Å². The van der Waals surface area contributed by atoms with E-state index < -0.39 is 23.4 Å². The minimum atomic E-state index is -4.60. The summed E-state index contributed by atoms with van der Waals surface area (Å²) in [6.07, 6.45) is -3.51. The number of aromatic nitrogens is 2. The number of alkyl halides is 3. The number of nitrogens with one attached hydrogen (secondary N) is 2. The molecule has 0 bridgehead atoms. The lowest BCUT2D eigenvalue weighted by Gasteiger charge is -2.18. The Hall–Kier alpha value is -3.92. The van der Waals surface area contributed by atoms with Gasteiger partial charge in [0.25, 0.3) is 5.91 Å². The molecule has 1 aliphatic rings. The lowest BCUT2D eigenvalue weighted by Crippen LogP contribution is -2.40. The third-order valence-electron chi connectivity index (χ3n) is 6.39. The molecule has 4 aromatic rings. The maximum atomic E-state index is 13.3. The number of fused-ring (bicyclic) bond motifs is 1. The standard InChI is InChI=1S/C26H19ClF4N4O2/c27-20-9-4-15(13-32-24(37)25(10-11-25)26(29,30)31)12-18(20)23(36)34-21-2-1-3-22-19(21)14-33-35(22)17-7-5-16(28)6-8-17/h1-9,12,14H,10-11,13H2,(H,32,37)(H,34,36). The van der Waals surface area contributed by atoms with Gasteiger partial charge in [0.1, 0.15) is 11.2 Å². The van der Waals surface area contributed by atoms with Crippen LogP contribution in [0.3, 0.4) is 0 Å². The number of benzene rings is 3. The van der Waals surface area contributed by atoms with Crippen LogP contribution in [0, 0.1) is 11.2 Å². The van der Waals surface area contributed by atoms with E-state index in [1.807, 2.05) is 0 Å². The van der Waals surface area contributed by atoms with Crippen molar-refractivity contribution in [3.8, 4) is 5.69 Å². The first-order valence-electron chi connectivity index (χ1n) is 11.3. The van der Waals surface area contributed by atoms with Gasteiger partial charge in [0.2, 0.25) is 5.91 Å². The molecule has 11 heteroatoms.